The van der Waals surface area contributed by atoms with Gasteiger partial charge < -0.3 is 14.7 Å². The number of nitrogens with zero attached hydrogens (tertiary/aromatic N) is 1. The number of sulfonamides is 1. The van der Waals surface area contributed by atoms with E-state index in [1.54, 1.807) is 12.1 Å². The maximum absolute atomic E-state index is 13.4. The normalized spacial score (nSPS) is 28.4. The number of aryl methyl sites for hydroxylation is 1. The predicted molar refractivity (Wildman–Crippen MR) is 162 cm³/mol. The standard InChI is InChI=1S/C33H35ClN2O5S/c34-25-7-10-28-23(16-25)5-2-12-33(28)19-36-18-24-6-9-27(24)30(37)14-21-3-1-4-22(13-21)15-32(38)35-42(39,40)26-8-11-31(41-20-33)29(36)17-26/h1,3-4,7-8,10-11,13,16-17,24,27,30,37H,2,5-6,9,12,14-15,18-20H2,(H,35,38)/t24-,27+,30+,33-/m0/s1. The Labute approximate surface area is 251 Å². The summed E-state index contributed by atoms with van der Waals surface area (Å²) >= 11 is 6.38. The molecule has 2 aliphatic heterocycles. The van der Waals surface area contributed by atoms with E-state index in [2.05, 4.69) is 21.8 Å². The molecule has 1 spiro atoms. The van der Waals surface area contributed by atoms with Crippen molar-refractivity contribution in [1.29, 1.82) is 0 Å². The SMILES string of the molecule is O=C1Cc2cccc(c2)C[C@@H](O)[C@@H]2CC[C@H]2CN2C[C@@]3(CCCc4cc(Cl)ccc43)COc3ccc(cc32)S(=O)(=O)N1. The fraction of sp³-hybridized carbons (Fsp3) is 0.424. The summed E-state index contributed by atoms with van der Waals surface area (Å²) in [6, 6.07) is 18.5. The van der Waals surface area contributed by atoms with Crippen molar-refractivity contribution in [3.63, 3.8) is 0 Å². The van der Waals surface area contributed by atoms with Crippen molar-refractivity contribution in [2.45, 2.75) is 61.4 Å². The van der Waals surface area contributed by atoms with E-state index in [-0.39, 0.29) is 28.6 Å². The third kappa shape index (κ3) is 5.07. The average Bonchev–Trinajstić information content (AvgIpc) is 3.07. The van der Waals surface area contributed by atoms with Gasteiger partial charge in [-0.25, -0.2) is 13.1 Å². The highest BCUT2D eigenvalue weighted by Gasteiger charge is 2.44. The Bertz CT molecular complexity index is 1660. The van der Waals surface area contributed by atoms with E-state index in [0.29, 0.717) is 43.1 Å². The summed E-state index contributed by atoms with van der Waals surface area (Å²) in [5, 5.41) is 12.1. The Hall–Kier alpha value is -3.07. The zero-order valence-corrected chi connectivity index (χ0v) is 25.0. The van der Waals surface area contributed by atoms with Crippen molar-refractivity contribution >= 4 is 33.2 Å². The number of benzene rings is 3. The molecule has 1 saturated carbocycles. The highest BCUT2D eigenvalue weighted by Crippen LogP contribution is 2.47. The van der Waals surface area contributed by atoms with Crippen LogP contribution < -0.4 is 14.4 Å². The highest BCUT2D eigenvalue weighted by molar-refractivity contribution is 7.90. The Balaban J connectivity index is 1.31. The van der Waals surface area contributed by atoms with Crippen molar-refractivity contribution in [3.05, 3.63) is 87.9 Å². The van der Waals surface area contributed by atoms with Gasteiger partial charge in [-0.1, -0.05) is 41.9 Å². The van der Waals surface area contributed by atoms with Gasteiger partial charge in [-0.2, -0.15) is 0 Å². The van der Waals surface area contributed by atoms with Gasteiger partial charge in [-0.15, -0.1) is 0 Å². The Morgan fingerprint density at radius 3 is 2.74 bits per heavy atom. The van der Waals surface area contributed by atoms with Gasteiger partial charge in [0.15, 0.2) is 0 Å². The van der Waals surface area contributed by atoms with Crippen LogP contribution in [0.5, 0.6) is 5.75 Å². The van der Waals surface area contributed by atoms with E-state index in [0.717, 1.165) is 42.7 Å². The van der Waals surface area contributed by atoms with Gasteiger partial charge >= 0.3 is 0 Å². The minimum Gasteiger partial charge on any atom is -0.490 e. The number of ether oxygens (including phenoxy) is 1. The summed E-state index contributed by atoms with van der Waals surface area (Å²) in [4.78, 5) is 15.2. The summed E-state index contributed by atoms with van der Waals surface area (Å²) in [5.74, 6) is 0.425. The summed E-state index contributed by atoms with van der Waals surface area (Å²) < 4.78 is 35.6. The molecule has 3 aromatic rings. The molecular formula is C33H35ClN2O5S. The topological polar surface area (TPSA) is 95.9 Å². The van der Waals surface area contributed by atoms with Crippen LogP contribution in [0.3, 0.4) is 0 Å². The van der Waals surface area contributed by atoms with Gasteiger partial charge in [0.2, 0.25) is 5.91 Å². The lowest BCUT2D eigenvalue weighted by Crippen LogP contribution is -2.49. The average molecular weight is 607 g/mol. The second-order valence-corrected chi connectivity index (χ2v) is 14.7. The van der Waals surface area contributed by atoms with E-state index >= 15 is 0 Å². The van der Waals surface area contributed by atoms with Crippen LogP contribution in [-0.4, -0.2) is 45.2 Å². The Morgan fingerprint density at radius 2 is 1.90 bits per heavy atom. The van der Waals surface area contributed by atoms with E-state index in [1.807, 2.05) is 30.3 Å². The Morgan fingerprint density at radius 1 is 1.05 bits per heavy atom. The molecule has 2 aliphatic carbocycles. The van der Waals surface area contributed by atoms with Gasteiger partial charge in [-0.05, 0) is 103 Å². The molecule has 2 N–H and O–H groups in total. The number of aliphatic hydroxyl groups is 1. The molecule has 1 amide bonds. The zero-order valence-electron chi connectivity index (χ0n) is 23.4. The van der Waals surface area contributed by atoms with Crippen LogP contribution in [0.1, 0.15) is 47.9 Å². The number of rotatable bonds is 0. The lowest BCUT2D eigenvalue weighted by molar-refractivity contribution is -0.118. The first kappa shape index (κ1) is 27.7. The summed E-state index contributed by atoms with van der Waals surface area (Å²) in [6.45, 7) is 1.81. The molecule has 4 bridgehead atoms. The lowest BCUT2D eigenvalue weighted by atomic mass is 9.68. The molecule has 7 rings (SSSR count). The van der Waals surface area contributed by atoms with Crippen molar-refractivity contribution < 1.29 is 23.1 Å². The number of carbonyl (C=O) groups excluding carboxylic acids is 1. The van der Waals surface area contributed by atoms with Crippen LogP contribution in [0.15, 0.2) is 65.6 Å². The molecule has 4 atom stereocenters. The number of anilines is 1. The second-order valence-electron chi connectivity index (χ2n) is 12.5. The first-order valence-electron chi connectivity index (χ1n) is 14.8. The molecule has 0 radical (unpaired) electrons. The number of carbonyl (C=O) groups is 1. The smallest absolute Gasteiger partial charge is 0.264 e. The lowest BCUT2D eigenvalue weighted by Gasteiger charge is -2.45. The number of aliphatic hydroxyl groups excluding tert-OH is 1. The maximum Gasteiger partial charge on any atom is 0.264 e. The number of nitrogens with one attached hydrogen (secondary N) is 1. The summed E-state index contributed by atoms with van der Waals surface area (Å²) in [7, 11) is -4.11. The maximum atomic E-state index is 13.4. The predicted octanol–water partition coefficient (Wildman–Crippen LogP) is 4.80. The third-order valence-electron chi connectivity index (χ3n) is 9.79. The molecule has 42 heavy (non-hydrogen) atoms. The fourth-order valence-corrected chi connectivity index (χ4v) is 8.76. The minimum absolute atomic E-state index is 0.0287. The molecule has 1 fully saturated rings. The molecule has 0 unspecified atom stereocenters. The van der Waals surface area contributed by atoms with Crippen LogP contribution >= 0.6 is 11.6 Å². The number of hydrogen-bond acceptors (Lipinski definition) is 6. The second kappa shape index (κ2) is 10.6. The van der Waals surface area contributed by atoms with Gasteiger partial charge in [0.05, 0.1) is 29.7 Å². The largest absolute Gasteiger partial charge is 0.490 e. The monoisotopic (exact) mass is 606 g/mol. The van der Waals surface area contributed by atoms with Crippen molar-refractivity contribution in [3.8, 4) is 5.75 Å². The fourth-order valence-electron chi connectivity index (χ4n) is 7.56. The van der Waals surface area contributed by atoms with Crippen LogP contribution in [0.4, 0.5) is 5.69 Å². The van der Waals surface area contributed by atoms with Crippen LogP contribution in [-0.2, 0) is 39.5 Å². The van der Waals surface area contributed by atoms with Crippen LogP contribution in [0.25, 0.3) is 0 Å². The molecule has 220 valence electrons. The minimum atomic E-state index is -4.11. The number of fused-ring (bicyclic) bond motifs is 6. The molecule has 0 saturated heterocycles. The van der Waals surface area contributed by atoms with E-state index in [9.17, 15) is 18.3 Å². The Kier molecular flexibility index (Phi) is 6.99. The number of amides is 1. The molecule has 7 nitrogen and oxygen atoms in total. The number of halogens is 1. The summed E-state index contributed by atoms with van der Waals surface area (Å²) in [6.07, 6.45) is 4.80. The first-order chi connectivity index (χ1) is 20.2. The molecular weight excluding hydrogens is 572 g/mol. The van der Waals surface area contributed by atoms with Crippen molar-refractivity contribution in [1.82, 2.24) is 4.72 Å². The highest BCUT2D eigenvalue weighted by atomic mass is 35.5. The third-order valence-corrected chi connectivity index (χ3v) is 11.4. The van der Waals surface area contributed by atoms with Crippen molar-refractivity contribution in [2.24, 2.45) is 11.8 Å². The summed E-state index contributed by atoms with van der Waals surface area (Å²) in [5.41, 5.74) is 4.56. The first-order valence-corrected chi connectivity index (χ1v) is 16.7. The molecule has 0 aromatic heterocycles. The molecule has 9 heteroatoms. The van der Waals surface area contributed by atoms with E-state index in [1.165, 1.54) is 17.2 Å². The van der Waals surface area contributed by atoms with Gasteiger partial charge in [-0.3, -0.25) is 4.79 Å². The van der Waals surface area contributed by atoms with Crippen LogP contribution in [0.2, 0.25) is 5.02 Å². The number of hydrogen-bond donors (Lipinski definition) is 2. The molecule has 3 aromatic carbocycles. The van der Waals surface area contributed by atoms with Crippen LogP contribution in [0, 0.1) is 11.8 Å². The molecule has 4 aliphatic rings. The van der Waals surface area contributed by atoms with Gasteiger partial charge in [0.25, 0.3) is 10.0 Å². The zero-order chi connectivity index (χ0) is 29.1. The van der Waals surface area contributed by atoms with Gasteiger partial charge in [0, 0.05) is 23.5 Å². The van der Waals surface area contributed by atoms with Crippen molar-refractivity contribution in [2.75, 3.05) is 24.6 Å². The van der Waals surface area contributed by atoms with E-state index in [4.69, 9.17) is 16.3 Å². The quantitative estimate of drug-likeness (QED) is 0.382. The van der Waals surface area contributed by atoms with E-state index < -0.39 is 22.0 Å². The van der Waals surface area contributed by atoms with Gasteiger partial charge in [0.1, 0.15) is 5.75 Å². The molecule has 2 heterocycles.